The summed E-state index contributed by atoms with van der Waals surface area (Å²) in [5.41, 5.74) is -4.37. The van der Waals surface area contributed by atoms with E-state index in [2.05, 4.69) is 15.5 Å². The molecule has 1 aromatic heterocycles. The Morgan fingerprint density at radius 2 is 2.08 bits per heavy atom. The van der Waals surface area contributed by atoms with E-state index in [0.717, 1.165) is 17.3 Å². The standard InChI is InChI=1S/C14H13F3N4O4S/c15-14(16,17)26(24,25)10-2-4-12(13(6-10)21(22)23)19-9-1-3-11-8(5-9)7-18-20-11/h2,4,6-7,9,19H,1,3,5H2,(H,18,20). The summed E-state index contributed by atoms with van der Waals surface area (Å²) in [6.45, 7) is 0. The summed E-state index contributed by atoms with van der Waals surface area (Å²) in [6, 6.07) is 1.94. The van der Waals surface area contributed by atoms with Crippen LogP contribution in [0, 0.1) is 10.1 Å². The van der Waals surface area contributed by atoms with E-state index in [1.807, 2.05) is 0 Å². The molecule has 1 aromatic carbocycles. The number of hydrogen-bond acceptors (Lipinski definition) is 6. The molecule has 0 fully saturated rings. The van der Waals surface area contributed by atoms with Gasteiger partial charge in [-0.1, -0.05) is 0 Å². The molecular weight excluding hydrogens is 377 g/mol. The Kier molecular flexibility index (Phi) is 4.38. The number of alkyl halides is 3. The van der Waals surface area contributed by atoms with Crippen LogP contribution in [0.2, 0.25) is 0 Å². The van der Waals surface area contributed by atoms with Gasteiger partial charge in [-0.25, -0.2) is 8.42 Å². The van der Waals surface area contributed by atoms with Crippen molar-refractivity contribution in [1.29, 1.82) is 0 Å². The van der Waals surface area contributed by atoms with Crippen molar-refractivity contribution in [2.75, 3.05) is 5.32 Å². The van der Waals surface area contributed by atoms with Crippen LogP contribution in [0.15, 0.2) is 29.3 Å². The lowest BCUT2D eigenvalue weighted by atomic mass is 9.93. The molecule has 140 valence electrons. The predicted molar refractivity (Wildman–Crippen MR) is 84.4 cm³/mol. The normalized spacial score (nSPS) is 17.6. The SMILES string of the molecule is O=[N+]([O-])c1cc(S(=O)(=O)C(F)(F)F)ccc1NC1CCc2[nH]ncc2C1. The third kappa shape index (κ3) is 3.23. The molecule has 2 N–H and O–H groups in total. The van der Waals surface area contributed by atoms with Gasteiger partial charge < -0.3 is 5.32 Å². The van der Waals surface area contributed by atoms with Gasteiger partial charge in [0, 0.05) is 17.8 Å². The molecule has 3 rings (SSSR count). The highest BCUT2D eigenvalue weighted by Crippen LogP contribution is 2.35. The van der Waals surface area contributed by atoms with Gasteiger partial charge in [0.05, 0.1) is 16.0 Å². The number of nitro groups is 1. The fourth-order valence-corrected chi connectivity index (χ4v) is 3.63. The molecule has 12 heteroatoms. The van der Waals surface area contributed by atoms with E-state index >= 15 is 0 Å². The maximum atomic E-state index is 12.7. The summed E-state index contributed by atoms with van der Waals surface area (Å²) in [5, 5.41) is 20.9. The van der Waals surface area contributed by atoms with Gasteiger partial charge in [-0.3, -0.25) is 15.2 Å². The van der Waals surface area contributed by atoms with Crippen molar-refractivity contribution in [3.05, 3.63) is 45.8 Å². The molecule has 1 atom stereocenters. The number of nitrogens with zero attached hydrogens (tertiary/aromatic N) is 2. The third-order valence-electron chi connectivity index (χ3n) is 4.16. The van der Waals surface area contributed by atoms with E-state index in [1.165, 1.54) is 0 Å². The Morgan fingerprint density at radius 1 is 1.35 bits per heavy atom. The minimum Gasteiger partial charge on any atom is -0.376 e. The summed E-state index contributed by atoms with van der Waals surface area (Å²) in [4.78, 5) is 9.15. The minimum absolute atomic E-state index is 0.0342. The highest BCUT2D eigenvalue weighted by atomic mass is 32.2. The van der Waals surface area contributed by atoms with Crippen LogP contribution in [-0.4, -0.2) is 35.1 Å². The van der Waals surface area contributed by atoms with E-state index in [1.54, 1.807) is 6.20 Å². The Labute approximate surface area is 145 Å². The van der Waals surface area contributed by atoms with Crippen LogP contribution in [-0.2, 0) is 22.7 Å². The maximum Gasteiger partial charge on any atom is 0.501 e. The van der Waals surface area contributed by atoms with Crippen LogP contribution >= 0.6 is 0 Å². The molecule has 0 saturated heterocycles. The number of sulfone groups is 1. The smallest absolute Gasteiger partial charge is 0.376 e. The van der Waals surface area contributed by atoms with Gasteiger partial charge in [-0.2, -0.15) is 18.3 Å². The molecule has 0 spiro atoms. The predicted octanol–water partition coefficient (Wildman–Crippen LogP) is 2.58. The first-order valence-corrected chi connectivity index (χ1v) is 8.95. The van der Waals surface area contributed by atoms with Gasteiger partial charge in [-0.15, -0.1) is 0 Å². The zero-order valence-electron chi connectivity index (χ0n) is 13.1. The molecule has 1 heterocycles. The van der Waals surface area contributed by atoms with Gasteiger partial charge >= 0.3 is 5.51 Å². The first-order valence-electron chi connectivity index (χ1n) is 7.47. The lowest BCUT2D eigenvalue weighted by Gasteiger charge is -2.23. The minimum atomic E-state index is -5.66. The summed E-state index contributed by atoms with van der Waals surface area (Å²) in [6.07, 6.45) is 3.48. The average molecular weight is 390 g/mol. The van der Waals surface area contributed by atoms with Crippen LogP contribution < -0.4 is 5.32 Å². The average Bonchev–Trinajstić information content (AvgIpc) is 3.01. The number of anilines is 1. The molecule has 1 aliphatic rings. The molecule has 8 nitrogen and oxygen atoms in total. The number of halogens is 3. The largest absolute Gasteiger partial charge is 0.501 e. The first kappa shape index (κ1) is 18.2. The fourth-order valence-electron chi connectivity index (χ4n) is 2.84. The van der Waals surface area contributed by atoms with Gasteiger partial charge in [0.25, 0.3) is 15.5 Å². The lowest BCUT2D eigenvalue weighted by molar-refractivity contribution is -0.384. The van der Waals surface area contributed by atoms with Crippen LogP contribution in [0.25, 0.3) is 0 Å². The Hall–Kier alpha value is -2.63. The summed E-state index contributed by atoms with van der Waals surface area (Å²) >= 11 is 0. The van der Waals surface area contributed by atoms with E-state index in [-0.39, 0.29) is 11.7 Å². The van der Waals surface area contributed by atoms with Gasteiger partial charge in [0.15, 0.2) is 0 Å². The number of aromatic amines is 1. The van der Waals surface area contributed by atoms with Crippen molar-refractivity contribution in [3.8, 4) is 0 Å². The number of nitro benzene ring substituents is 1. The molecule has 1 aliphatic carbocycles. The third-order valence-corrected chi connectivity index (χ3v) is 5.64. The van der Waals surface area contributed by atoms with Gasteiger partial charge in [0.1, 0.15) is 5.69 Å². The fraction of sp³-hybridized carbons (Fsp3) is 0.357. The van der Waals surface area contributed by atoms with E-state index in [0.29, 0.717) is 31.4 Å². The number of aryl methyl sites for hydroxylation is 1. The zero-order chi connectivity index (χ0) is 19.1. The molecule has 0 saturated carbocycles. The second-order valence-corrected chi connectivity index (χ2v) is 7.78. The number of H-pyrrole nitrogens is 1. The van der Waals surface area contributed by atoms with Crippen LogP contribution in [0.5, 0.6) is 0 Å². The second-order valence-electron chi connectivity index (χ2n) is 5.84. The summed E-state index contributed by atoms with van der Waals surface area (Å²) < 4.78 is 60.9. The van der Waals surface area contributed by atoms with Crippen LogP contribution in [0.1, 0.15) is 17.7 Å². The van der Waals surface area contributed by atoms with Crippen molar-refractivity contribution < 1.29 is 26.5 Å². The number of benzene rings is 1. The lowest BCUT2D eigenvalue weighted by Crippen LogP contribution is -2.27. The van der Waals surface area contributed by atoms with Crippen molar-refractivity contribution in [2.45, 2.75) is 35.7 Å². The Morgan fingerprint density at radius 3 is 2.73 bits per heavy atom. The van der Waals surface area contributed by atoms with E-state index in [9.17, 15) is 31.7 Å². The Bertz CT molecular complexity index is 955. The monoisotopic (exact) mass is 390 g/mol. The van der Waals surface area contributed by atoms with Gasteiger partial charge in [-0.05, 0) is 37.0 Å². The van der Waals surface area contributed by atoms with Crippen molar-refractivity contribution in [2.24, 2.45) is 0 Å². The van der Waals surface area contributed by atoms with Crippen molar-refractivity contribution in [3.63, 3.8) is 0 Å². The molecule has 1 unspecified atom stereocenters. The van der Waals surface area contributed by atoms with Crippen molar-refractivity contribution >= 4 is 21.2 Å². The highest BCUT2D eigenvalue weighted by molar-refractivity contribution is 7.92. The zero-order valence-corrected chi connectivity index (χ0v) is 13.9. The molecule has 0 bridgehead atoms. The Balaban J connectivity index is 1.90. The molecule has 0 amide bonds. The first-order chi connectivity index (χ1) is 12.1. The molecule has 0 aliphatic heterocycles. The maximum absolute atomic E-state index is 12.7. The van der Waals surface area contributed by atoms with Crippen LogP contribution in [0.3, 0.4) is 0 Å². The molecular formula is C14H13F3N4O4S. The van der Waals surface area contributed by atoms with Crippen molar-refractivity contribution in [1.82, 2.24) is 10.2 Å². The quantitative estimate of drug-likeness (QED) is 0.612. The summed E-state index contributed by atoms with van der Waals surface area (Å²) in [5.74, 6) is 0. The number of aromatic nitrogens is 2. The van der Waals surface area contributed by atoms with Gasteiger partial charge in [0.2, 0.25) is 0 Å². The molecule has 26 heavy (non-hydrogen) atoms. The van der Waals surface area contributed by atoms with Crippen LogP contribution in [0.4, 0.5) is 24.5 Å². The second kappa shape index (κ2) is 6.27. The van der Waals surface area contributed by atoms with E-state index < -0.39 is 30.9 Å². The number of fused-ring (bicyclic) bond motifs is 1. The molecule has 0 radical (unpaired) electrons. The van der Waals surface area contributed by atoms with E-state index in [4.69, 9.17) is 0 Å². The number of hydrogen-bond donors (Lipinski definition) is 2. The molecule has 2 aromatic rings. The number of rotatable bonds is 4. The summed E-state index contributed by atoms with van der Waals surface area (Å²) in [7, 11) is -5.66. The topological polar surface area (TPSA) is 118 Å². The number of nitrogens with one attached hydrogen (secondary N) is 2. The highest BCUT2D eigenvalue weighted by Gasteiger charge is 2.47.